The molecule has 6 rings (SSSR count). The van der Waals surface area contributed by atoms with Gasteiger partial charge in [0.05, 0.1) is 16.8 Å². The van der Waals surface area contributed by atoms with Crippen LogP contribution in [0.4, 0.5) is 5.82 Å². The molecule has 1 radical (unpaired) electrons. The van der Waals surface area contributed by atoms with Crippen molar-refractivity contribution in [1.82, 2.24) is 9.78 Å². The number of hydrogen-bond donors (Lipinski definition) is 1. The summed E-state index contributed by atoms with van der Waals surface area (Å²) in [5.41, 5.74) is 3.19. The first-order valence-electron chi connectivity index (χ1n) is 17.9. The first kappa shape index (κ1) is 36.8. The van der Waals surface area contributed by atoms with Gasteiger partial charge < -0.3 is 19.2 Å². The first-order valence-corrected chi connectivity index (χ1v) is 19.3. The number of carbonyl (C=O) groups excluding carboxylic acids is 2. The van der Waals surface area contributed by atoms with Crippen molar-refractivity contribution in [2.45, 2.75) is 84.0 Å². The third-order valence-electron chi connectivity index (χ3n) is 9.22. The molecule has 4 aromatic carbocycles. The SMILES string of the molecule is CC(C)(C)c1ccc([Si](OC2CC(c3cc(NC(=O)COc4cccc(OCc5ccccc5)c4C=O)n(C(C)(C)C)n3)C2)c2ccccc2)cc1. The third kappa shape index (κ3) is 8.89. The minimum Gasteiger partial charge on any atom is -0.488 e. The van der Waals surface area contributed by atoms with Crippen LogP contribution < -0.4 is 25.2 Å². The summed E-state index contributed by atoms with van der Waals surface area (Å²) in [6.45, 7) is 12.9. The van der Waals surface area contributed by atoms with Gasteiger partial charge in [-0.25, -0.2) is 4.68 Å². The Bertz CT molecular complexity index is 1960. The molecule has 1 aliphatic carbocycles. The fourth-order valence-electron chi connectivity index (χ4n) is 6.23. The second-order valence-corrected chi connectivity index (χ2v) is 17.4. The number of aldehydes is 1. The number of anilines is 1. The minimum absolute atomic E-state index is 0.0893. The molecule has 0 spiro atoms. The van der Waals surface area contributed by atoms with E-state index in [1.807, 2.05) is 47.1 Å². The van der Waals surface area contributed by atoms with Gasteiger partial charge in [-0.15, -0.1) is 0 Å². The second kappa shape index (κ2) is 15.7. The largest absolute Gasteiger partial charge is 0.488 e. The fourth-order valence-corrected chi connectivity index (χ4v) is 8.33. The quantitative estimate of drug-likeness (QED) is 0.101. The van der Waals surface area contributed by atoms with Crippen LogP contribution >= 0.6 is 0 Å². The van der Waals surface area contributed by atoms with Crippen LogP contribution in [0.1, 0.15) is 87.5 Å². The number of nitrogens with zero attached hydrogens (tertiary/aromatic N) is 2. The van der Waals surface area contributed by atoms with Crippen molar-refractivity contribution in [3.8, 4) is 11.5 Å². The Hall–Kier alpha value is -4.99. The van der Waals surface area contributed by atoms with Gasteiger partial charge in [0.1, 0.15) is 23.9 Å². The summed E-state index contributed by atoms with van der Waals surface area (Å²) in [5, 5.41) is 10.4. The van der Waals surface area contributed by atoms with Crippen LogP contribution in [0, 0.1) is 0 Å². The predicted molar refractivity (Wildman–Crippen MR) is 207 cm³/mol. The zero-order valence-corrected chi connectivity index (χ0v) is 31.9. The molecular formula is C43H48N3O5Si. The van der Waals surface area contributed by atoms with Gasteiger partial charge in [0, 0.05) is 18.1 Å². The van der Waals surface area contributed by atoms with Crippen LogP contribution in [-0.4, -0.2) is 43.7 Å². The molecule has 1 N–H and O–H groups in total. The lowest BCUT2D eigenvalue weighted by atomic mass is 9.80. The highest BCUT2D eigenvalue weighted by Crippen LogP contribution is 2.40. The Morgan fingerprint density at radius 2 is 1.44 bits per heavy atom. The summed E-state index contributed by atoms with van der Waals surface area (Å²) >= 11 is 0. The van der Waals surface area contributed by atoms with Crippen molar-refractivity contribution in [3.63, 3.8) is 0 Å². The van der Waals surface area contributed by atoms with E-state index in [9.17, 15) is 9.59 Å². The van der Waals surface area contributed by atoms with Crippen LogP contribution in [-0.2, 0) is 26.8 Å². The number of rotatable bonds is 13. The number of hydrogen-bond acceptors (Lipinski definition) is 6. The molecule has 269 valence electrons. The molecule has 5 aromatic rings. The van der Waals surface area contributed by atoms with Crippen LogP contribution in [0.15, 0.2) is 109 Å². The molecule has 0 bridgehead atoms. The maximum atomic E-state index is 13.2. The minimum atomic E-state index is -1.45. The van der Waals surface area contributed by atoms with Gasteiger partial charge in [-0.1, -0.05) is 112 Å². The normalized spacial score (nSPS) is 15.9. The van der Waals surface area contributed by atoms with Crippen molar-refractivity contribution in [1.29, 1.82) is 0 Å². The molecule has 0 saturated heterocycles. The van der Waals surface area contributed by atoms with Gasteiger partial charge in [-0.05, 0) is 72.7 Å². The average molecular weight is 715 g/mol. The highest BCUT2D eigenvalue weighted by Gasteiger charge is 2.37. The lowest BCUT2D eigenvalue weighted by Gasteiger charge is -2.36. The Kier molecular flexibility index (Phi) is 11.1. The second-order valence-electron chi connectivity index (χ2n) is 15.4. The maximum absolute atomic E-state index is 13.2. The van der Waals surface area contributed by atoms with E-state index in [2.05, 4.69) is 95.4 Å². The molecule has 1 amide bonds. The molecule has 9 heteroatoms. The molecule has 0 atom stereocenters. The summed E-state index contributed by atoms with van der Waals surface area (Å²) in [6.07, 6.45) is 2.52. The maximum Gasteiger partial charge on any atom is 0.283 e. The lowest BCUT2D eigenvalue weighted by Crippen LogP contribution is -2.49. The van der Waals surface area contributed by atoms with E-state index in [0.717, 1.165) is 24.1 Å². The van der Waals surface area contributed by atoms with Gasteiger partial charge in [0.2, 0.25) is 0 Å². The van der Waals surface area contributed by atoms with Crippen molar-refractivity contribution in [2.24, 2.45) is 0 Å². The molecule has 52 heavy (non-hydrogen) atoms. The van der Waals surface area contributed by atoms with Crippen LogP contribution in [0.25, 0.3) is 0 Å². The molecule has 1 saturated carbocycles. The third-order valence-corrected chi connectivity index (χ3v) is 11.5. The standard InChI is InChI=1S/C43H48N3O5Si/c1-42(2,3)32-20-22-35(23-21-32)52(34-16-11-8-12-17-34)51-33-24-31(25-33)37-26-40(46(45-37)43(4,5)6)44-41(48)29-50-39-19-13-18-38(36(39)27-47)49-28-30-14-9-7-10-15-30/h7-23,26-27,31,33H,24-25,28-29H2,1-6H3,(H,44,48). The van der Waals surface area contributed by atoms with E-state index in [0.29, 0.717) is 24.5 Å². The van der Waals surface area contributed by atoms with E-state index >= 15 is 0 Å². The highest BCUT2D eigenvalue weighted by molar-refractivity contribution is 6.80. The predicted octanol–water partition coefficient (Wildman–Crippen LogP) is 7.41. The van der Waals surface area contributed by atoms with Gasteiger partial charge in [-0.3, -0.25) is 9.59 Å². The molecule has 1 aromatic heterocycles. The summed E-state index contributed by atoms with van der Waals surface area (Å²) in [6, 6.07) is 36.2. The Labute approximate surface area is 308 Å². The highest BCUT2D eigenvalue weighted by atomic mass is 28.3. The molecule has 0 aliphatic heterocycles. The fraction of sp³-hybridized carbons (Fsp3) is 0.326. The van der Waals surface area contributed by atoms with E-state index in [-0.39, 0.29) is 46.8 Å². The molecule has 0 unspecified atom stereocenters. The Balaban J connectivity index is 1.10. The summed E-state index contributed by atoms with van der Waals surface area (Å²) in [4.78, 5) is 25.3. The van der Waals surface area contributed by atoms with Crippen LogP contribution in [0.2, 0.25) is 0 Å². The zero-order valence-electron chi connectivity index (χ0n) is 30.9. The first-order chi connectivity index (χ1) is 24.9. The Morgan fingerprint density at radius 1 is 0.827 bits per heavy atom. The van der Waals surface area contributed by atoms with E-state index < -0.39 is 9.04 Å². The summed E-state index contributed by atoms with van der Waals surface area (Å²) < 4.78 is 20.5. The summed E-state index contributed by atoms with van der Waals surface area (Å²) in [7, 11) is -1.45. The summed E-state index contributed by atoms with van der Waals surface area (Å²) in [5.74, 6) is 1.14. The zero-order chi connectivity index (χ0) is 36.9. The van der Waals surface area contributed by atoms with Gasteiger partial charge in [-0.2, -0.15) is 5.10 Å². The smallest absolute Gasteiger partial charge is 0.283 e. The lowest BCUT2D eigenvalue weighted by molar-refractivity contribution is -0.118. The Morgan fingerprint density at radius 3 is 2.06 bits per heavy atom. The van der Waals surface area contributed by atoms with Crippen molar-refractivity contribution in [2.75, 3.05) is 11.9 Å². The van der Waals surface area contributed by atoms with Crippen molar-refractivity contribution < 1.29 is 23.5 Å². The van der Waals surface area contributed by atoms with Crippen LogP contribution in [0.3, 0.4) is 0 Å². The topological polar surface area (TPSA) is 91.7 Å². The molecule has 8 nitrogen and oxygen atoms in total. The average Bonchev–Trinajstić information content (AvgIpc) is 3.53. The van der Waals surface area contributed by atoms with Gasteiger partial charge >= 0.3 is 0 Å². The number of nitrogens with one attached hydrogen (secondary N) is 1. The van der Waals surface area contributed by atoms with Gasteiger partial charge in [0.15, 0.2) is 12.9 Å². The molecule has 1 heterocycles. The van der Waals surface area contributed by atoms with Crippen molar-refractivity contribution in [3.05, 3.63) is 132 Å². The van der Waals surface area contributed by atoms with E-state index in [1.165, 1.54) is 15.9 Å². The van der Waals surface area contributed by atoms with Gasteiger partial charge in [0.25, 0.3) is 14.9 Å². The molecule has 1 fully saturated rings. The monoisotopic (exact) mass is 714 g/mol. The molecule has 1 aliphatic rings. The molecular weight excluding hydrogens is 667 g/mol. The van der Waals surface area contributed by atoms with E-state index in [4.69, 9.17) is 19.0 Å². The van der Waals surface area contributed by atoms with Crippen molar-refractivity contribution >= 4 is 37.4 Å². The van der Waals surface area contributed by atoms with E-state index in [1.54, 1.807) is 18.2 Å². The number of benzene rings is 4. The number of carbonyl (C=O) groups is 2. The number of amides is 1. The van der Waals surface area contributed by atoms with Crippen LogP contribution in [0.5, 0.6) is 11.5 Å². The number of aromatic nitrogens is 2. The number of ether oxygens (including phenoxy) is 2.